The number of halogens is 1. The van der Waals surface area contributed by atoms with E-state index in [1.807, 2.05) is 24.3 Å². The molecule has 3 aromatic carbocycles. The van der Waals surface area contributed by atoms with Crippen LogP contribution in [-0.2, 0) is 21.4 Å². The van der Waals surface area contributed by atoms with E-state index in [0.29, 0.717) is 19.4 Å². The van der Waals surface area contributed by atoms with Crippen LogP contribution >= 0.6 is 0 Å². The second kappa shape index (κ2) is 8.53. The van der Waals surface area contributed by atoms with E-state index < -0.39 is 15.9 Å². The maximum absolute atomic E-state index is 13.2. The van der Waals surface area contributed by atoms with Gasteiger partial charge in [0.1, 0.15) is 5.82 Å². The number of carbonyl (C=O) groups is 1. The summed E-state index contributed by atoms with van der Waals surface area (Å²) in [7, 11) is -3.68. The molecule has 0 aliphatic carbocycles. The van der Waals surface area contributed by atoms with Crippen LogP contribution < -0.4 is 5.32 Å². The number of carbonyl (C=O) groups excluding carboxylic acids is 1. The molecule has 7 heteroatoms. The monoisotopic (exact) mass is 426 g/mol. The molecule has 4 rings (SSSR count). The molecule has 0 aromatic heterocycles. The zero-order chi connectivity index (χ0) is 21.1. The number of hydrogen-bond donors (Lipinski definition) is 1. The predicted molar refractivity (Wildman–Crippen MR) is 114 cm³/mol. The van der Waals surface area contributed by atoms with Crippen LogP contribution in [0.1, 0.15) is 18.4 Å². The number of sulfonamides is 1. The summed E-state index contributed by atoms with van der Waals surface area (Å²) < 4.78 is 40.8. The van der Waals surface area contributed by atoms with E-state index in [-0.39, 0.29) is 29.7 Å². The lowest BCUT2D eigenvalue weighted by atomic mass is 9.99. The van der Waals surface area contributed by atoms with Crippen LogP contribution in [0.15, 0.2) is 71.6 Å². The van der Waals surface area contributed by atoms with Gasteiger partial charge in [0.15, 0.2) is 0 Å². The van der Waals surface area contributed by atoms with E-state index in [2.05, 4.69) is 5.32 Å². The number of amides is 1. The quantitative estimate of drug-likeness (QED) is 0.677. The van der Waals surface area contributed by atoms with Gasteiger partial charge in [-0.3, -0.25) is 4.79 Å². The van der Waals surface area contributed by atoms with Crippen LogP contribution in [0.5, 0.6) is 0 Å². The van der Waals surface area contributed by atoms with Gasteiger partial charge in [-0.15, -0.1) is 0 Å². The predicted octanol–water partition coefficient (Wildman–Crippen LogP) is 3.70. The minimum atomic E-state index is -3.68. The van der Waals surface area contributed by atoms with Crippen molar-refractivity contribution >= 4 is 26.7 Å². The van der Waals surface area contributed by atoms with E-state index >= 15 is 0 Å². The highest BCUT2D eigenvalue weighted by molar-refractivity contribution is 7.89. The Bertz CT molecular complexity index is 1160. The van der Waals surface area contributed by atoms with Crippen molar-refractivity contribution in [1.29, 1.82) is 0 Å². The molecule has 0 bridgehead atoms. The van der Waals surface area contributed by atoms with Gasteiger partial charge in [0.2, 0.25) is 15.9 Å². The van der Waals surface area contributed by atoms with E-state index in [1.165, 1.54) is 16.4 Å². The first kappa shape index (κ1) is 20.5. The second-order valence-corrected chi connectivity index (χ2v) is 9.49. The van der Waals surface area contributed by atoms with Crippen molar-refractivity contribution in [2.45, 2.75) is 24.3 Å². The third-order valence-electron chi connectivity index (χ3n) is 5.49. The molecule has 1 aliphatic heterocycles. The molecule has 0 radical (unpaired) electrons. The van der Waals surface area contributed by atoms with Gasteiger partial charge >= 0.3 is 0 Å². The largest absolute Gasteiger partial charge is 0.352 e. The average molecular weight is 427 g/mol. The molecule has 5 nitrogen and oxygen atoms in total. The molecule has 0 unspecified atom stereocenters. The summed E-state index contributed by atoms with van der Waals surface area (Å²) >= 11 is 0. The number of benzene rings is 3. The van der Waals surface area contributed by atoms with Crippen molar-refractivity contribution in [3.05, 3.63) is 78.1 Å². The summed E-state index contributed by atoms with van der Waals surface area (Å²) in [6, 6.07) is 18.7. The molecular formula is C23H23FN2O3S. The molecule has 0 spiro atoms. The van der Waals surface area contributed by atoms with Gasteiger partial charge in [-0.1, -0.05) is 42.5 Å². The van der Waals surface area contributed by atoms with Gasteiger partial charge in [-0.25, -0.2) is 12.8 Å². The molecule has 30 heavy (non-hydrogen) atoms. The van der Waals surface area contributed by atoms with Crippen LogP contribution in [0.2, 0.25) is 0 Å². The number of fused-ring (bicyclic) bond motifs is 1. The highest BCUT2D eigenvalue weighted by Gasteiger charge is 2.33. The number of piperidine rings is 1. The molecule has 1 atom stereocenters. The van der Waals surface area contributed by atoms with E-state index in [0.717, 1.165) is 16.3 Å². The van der Waals surface area contributed by atoms with E-state index in [1.54, 1.807) is 30.3 Å². The molecule has 156 valence electrons. The van der Waals surface area contributed by atoms with Crippen molar-refractivity contribution in [3.8, 4) is 0 Å². The van der Waals surface area contributed by atoms with Crippen molar-refractivity contribution in [3.63, 3.8) is 0 Å². The Hall–Kier alpha value is -2.77. The van der Waals surface area contributed by atoms with Crippen molar-refractivity contribution in [2.75, 3.05) is 13.1 Å². The summed E-state index contributed by atoms with van der Waals surface area (Å²) in [5.74, 6) is -0.918. The Morgan fingerprint density at radius 1 is 1.03 bits per heavy atom. The summed E-state index contributed by atoms with van der Waals surface area (Å²) in [4.78, 5) is 12.9. The first-order chi connectivity index (χ1) is 14.4. The molecule has 1 fully saturated rings. The summed E-state index contributed by atoms with van der Waals surface area (Å²) in [5.41, 5.74) is 0.793. The van der Waals surface area contributed by atoms with Crippen LogP contribution in [0.4, 0.5) is 4.39 Å². The average Bonchev–Trinajstić information content (AvgIpc) is 2.78. The van der Waals surface area contributed by atoms with E-state index in [9.17, 15) is 17.6 Å². The minimum absolute atomic E-state index is 0.157. The molecule has 0 saturated carbocycles. The summed E-state index contributed by atoms with van der Waals surface area (Å²) in [5, 5.41) is 4.69. The molecule has 1 heterocycles. The molecular weight excluding hydrogens is 403 g/mol. The summed E-state index contributed by atoms with van der Waals surface area (Å²) in [6.45, 7) is 0.842. The third kappa shape index (κ3) is 4.37. The lowest BCUT2D eigenvalue weighted by Gasteiger charge is -2.31. The normalized spacial score (nSPS) is 17.7. The maximum atomic E-state index is 13.2. The first-order valence-corrected chi connectivity index (χ1v) is 11.4. The fourth-order valence-electron chi connectivity index (χ4n) is 3.79. The van der Waals surface area contributed by atoms with Crippen molar-refractivity contribution < 1.29 is 17.6 Å². The van der Waals surface area contributed by atoms with Gasteiger partial charge in [0.05, 0.1) is 10.8 Å². The molecule has 1 aliphatic rings. The highest BCUT2D eigenvalue weighted by Crippen LogP contribution is 2.26. The minimum Gasteiger partial charge on any atom is -0.352 e. The van der Waals surface area contributed by atoms with Crippen molar-refractivity contribution in [2.24, 2.45) is 5.92 Å². The fourth-order valence-corrected chi connectivity index (χ4v) is 5.35. The number of rotatable bonds is 5. The molecule has 1 amide bonds. The van der Waals surface area contributed by atoms with Gasteiger partial charge in [-0.2, -0.15) is 4.31 Å². The van der Waals surface area contributed by atoms with Crippen LogP contribution in [0, 0.1) is 11.7 Å². The van der Waals surface area contributed by atoms with Gasteiger partial charge in [-0.05, 0) is 53.4 Å². The Balaban J connectivity index is 1.45. The zero-order valence-electron chi connectivity index (χ0n) is 16.4. The highest BCUT2D eigenvalue weighted by atomic mass is 32.2. The molecule has 1 saturated heterocycles. The van der Waals surface area contributed by atoms with Crippen LogP contribution in [-0.4, -0.2) is 31.7 Å². The van der Waals surface area contributed by atoms with Crippen LogP contribution in [0.25, 0.3) is 10.8 Å². The zero-order valence-corrected chi connectivity index (χ0v) is 17.2. The summed E-state index contributed by atoms with van der Waals surface area (Å²) in [6.07, 6.45) is 1.26. The lowest BCUT2D eigenvalue weighted by molar-refractivity contribution is -0.126. The first-order valence-electron chi connectivity index (χ1n) is 9.94. The molecule has 1 N–H and O–H groups in total. The maximum Gasteiger partial charge on any atom is 0.243 e. The Morgan fingerprint density at radius 3 is 2.53 bits per heavy atom. The fraction of sp³-hybridized carbons (Fsp3) is 0.261. The van der Waals surface area contributed by atoms with Crippen LogP contribution in [0.3, 0.4) is 0 Å². The van der Waals surface area contributed by atoms with Crippen molar-refractivity contribution in [1.82, 2.24) is 9.62 Å². The Labute approximate surface area is 175 Å². The Morgan fingerprint density at radius 2 is 1.77 bits per heavy atom. The third-order valence-corrected chi connectivity index (χ3v) is 7.35. The Kier molecular flexibility index (Phi) is 5.83. The number of nitrogens with one attached hydrogen (secondary N) is 1. The molecule has 3 aromatic rings. The van der Waals surface area contributed by atoms with Gasteiger partial charge < -0.3 is 5.32 Å². The number of nitrogens with zero attached hydrogens (tertiary/aromatic N) is 1. The topological polar surface area (TPSA) is 66.5 Å². The number of hydrogen-bond acceptors (Lipinski definition) is 3. The standard InChI is InChI=1S/C23H23FN2O3S/c24-21-10-7-17(8-11-21)15-25-23(27)20-6-3-13-26(16-20)30(28,29)22-12-9-18-4-1-2-5-19(18)14-22/h1-2,4-5,7-12,14,20H,3,6,13,15-16H2,(H,25,27)/t20-/m1/s1. The van der Waals surface area contributed by atoms with Gasteiger partial charge in [0, 0.05) is 19.6 Å². The van der Waals surface area contributed by atoms with E-state index in [4.69, 9.17) is 0 Å². The van der Waals surface area contributed by atoms with Gasteiger partial charge in [0.25, 0.3) is 0 Å². The lowest BCUT2D eigenvalue weighted by Crippen LogP contribution is -2.45. The second-order valence-electron chi connectivity index (χ2n) is 7.56. The SMILES string of the molecule is O=C(NCc1ccc(F)cc1)[C@@H]1CCCN(S(=O)(=O)c2ccc3ccccc3c2)C1. The smallest absolute Gasteiger partial charge is 0.243 e.